The first-order chi connectivity index (χ1) is 12.8. The van der Waals surface area contributed by atoms with Crippen molar-refractivity contribution in [2.75, 3.05) is 18.6 Å². The van der Waals surface area contributed by atoms with Gasteiger partial charge in [-0.25, -0.2) is 4.39 Å². The van der Waals surface area contributed by atoms with Crippen LogP contribution in [0.4, 0.5) is 15.8 Å². The van der Waals surface area contributed by atoms with E-state index >= 15 is 0 Å². The van der Waals surface area contributed by atoms with Crippen LogP contribution in [0.2, 0.25) is 5.02 Å². The highest BCUT2D eigenvalue weighted by Crippen LogP contribution is 2.41. The molecule has 2 aromatic rings. The largest absolute Gasteiger partial charge is 0.496 e. The second kappa shape index (κ2) is 7.35. The van der Waals surface area contributed by atoms with Crippen LogP contribution in [-0.4, -0.2) is 25.4 Å². The number of ether oxygens (including phenoxy) is 1. The zero-order chi connectivity index (χ0) is 19.8. The van der Waals surface area contributed by atoms with Gasteiger partial charge in [-0.15, -0.1) is 0 Å². The van der Waals surface area contributed by atoms with Crippen molar-refractivity contribution < 1.29 is 9.13 Å². The number of methoxy groups -OCH3 is 1. The summed E-state index contributed by atoms with van der Waals surface area (Å²) < 4.78 is 18.9. The Hall–Kier alpha value is -2.33. The van der Waals surface area contributed by atoms with Crippen molar-refractivity contribution >= 4 is 34.8 Å². The molecule has 1 aliphatic heterocycles. The summed E-state index contributed by atoms with van der Waals surface area (Å²) >= 11 is 5.84. The third-order valence-electron chi connectivity index (χ3n) is 4.90. The van der Waals surface area contributed by atoms with E-state index in [4.69, 9.17) is 16.3 Å². The van der Waals surface area contributed by atoms with Crippen LogP contribution in [-0.2, 0) is 0 Å². The van der Waals surface area contributed by atoms with Crippen molar-refractivity contribution in [2.24, 2.45) is 4.99 Å². The first-order valence-corrected chi connectivity index (χ1v) is 9.33. The maximum Gasteiger partial charge on any atom is 0.141 e. The minimum Gasteiger partial charge on any atom is -0.496 e. The van der Waals surface area contributed by atoms with Gasteiger partial charge in [0.1, 0.15) is 11.6 Å². The Morgan fingerprint density at radius 1 is 1.26 bits per heavy atom. The van der Waals surface area contributed by atoms with E-state index in [1.807, 2.05) is 0 Å². The number of allylic oxidation sites excluding steroid dienone is 1. The van der Waals surface area contributed by atoms with Gasteiger partial charge in [0.2, 0.25) is 0 Å². The summed E-state index contributed by atoms with van der Waals surface area (Å²) in [5.74, 6) is 0.291. The van der Waals surface area contributed by atoms with Crippen molar-refractivity contribution in [3.05, 3.63) is 58.4 Å². The summed E-state index contributed by atoms with van der Waals surface area (Å²) in [5.41, 5.74) is 4.93. The minimum atomic E-state index is -0.454. The maximum absolute atomic E-state index is 13.3. The molecular weight excluding hydrogens is 363 g/mol. The fourth-order valence-corrected chi connectivity index (χ4v) is 3.86. The monoisotopic (exact) mass is 386 g/mol. The van der Waals surface area contributed by atoms with Gasteiger partial charge >= 0.3 is 0 Å². The number of halogens is 2. The molecule has 0 atom stereocenters. The molecule has 0 spiro atoms. The van der Waals surface area contributed by atoms with Crippen molar-refractivity contribution in [1.29, 1.82) is 0 Å². The molecule has 3 rings (SSSR count). The van der Waals surface area contributed by atoms with Crippen molar-refractivity contribution in [1.82, 2.24) is 0 Å². The van der Waals surface area contributed by atoms with Gasteiger partial charge < -0.3 is 9.64 Å². The molecule has 0 radical (unpaired) electrons. The van der Waals surface area contributed by atoms with Crippen LogP contribution < -0.4 is 9.64 Å². The van der Waals surface area contributed by atoms with Gasteiger partial charge in [-0.2, -0.15) is 0 Å². The van der Waals surface area contributed by atoms with E-state index in [-0.39, 0.29) is 10.6 Å². The second-order valence-corrected chi connectivity index (χ2v) is 7.60. The third-order valence-corrected chi connectivity index (χ3v) is 5.19. The highest BCUT2D eigenvalue weighted by molar-refractivity contribution is 6.31. The molecule has 0 aliphatic carbocycles. The summed E-state index contributed by atoms with van der Waals surface area (Å²) in [6.45, 7) is 9.60. The van der Waals surface area contributed by atoms with E-state index in [9.17, 15) is 4.39 Å². The predicted octanol–water partition coefficient (Wildman–Crippen LogP) is 6.26. The molecule has 1 aliphatic rings. The quantitative estimate of drug-likeness (QED) is 0.579. The van der Waals surface area contributed by atoms with Gasteiger partial charge in [0, 0.05) is 35.6 Å². The van der Waals surface area contributed by atoms with Gasteiger partial charge in [0.05, 0.1) is 23.4 Å². The van der Waals surface area contributed by atoms with E-state index in [1.165, 1.54) is 17.7 Å². The lowest BCUT2D eigenvalue weighted by molar-refractivity contribution is 0.413. The molecule has 0 fully saturated rings. The molecule has 0 amide bonds. The van der Waals surface area contributed by atoms with Gasteiger partial charge in [0.25, 0.3) is 0 Å². The average Bonchev–Trinajstić information content (AvgIpc) is 2.61. The molecule has 27 heavy (non-hydrogen) atoms. The molecule has 1 heterocycles. The smallest absolute Gasteiger partial charge is 0.141 e. The van der Waals surface area contributed by atoms with Crippen LogP contribution in [0.15, 0.2) is 41.4 Å². The number of aliphatic imine (C=N–C) groups is 1. The summed E-state index contributed by atoms with van der Waals surface area (Å²) in [6.07, 6.45) is 4.01. The molecule has 0 aromatic heterocycles. The SMILES string of the molecule is CCN1c2cc(OC)c(C=Nc3ccc(F)c(Cl)c3)cc2C(C)=CC1(C)C. The Balaban J connectivity index is 2.06. The fourth-order valence-electron chi connectivity index (χ4n) is 3.69. The molecule has 0 unspecified atom stereocenters. The number of rotatable bonds is 4. The number of anilines is 1. The van der Waals surface area contributed by atoms with Gasteiger partial charge in [-0.3, -0.25) is 4.99 Å². The Morgan fingerprint density at radius 2 is 2.00 bits per heavy atom. The van der Waals surface area contributed by atoms with Crippen LogP contribution in [0.5, 0.6) is 5.75 Å². The van der Waals surface area contributed by atoms with E-state index in [0.717, 1.165) is 29.1 Å². The number of fused-ring (bicyclic) bond motifs is 1. The molecule has 0 bridgehead atoms. The molecule has 5 heteroatoms. The molecule has 3 nitrogen and oxygen atoms in total. The van der Waals surface area contributed by atoms with Crippen molar-refractivity contribution in [2.45, 2.75) is 33.2 Å². The zero-order valence-corrected chi connectivity index (χ0v) is 17.1. The van der Waals surface area contributed by atoms with E-state index < -0.39 is 5.82 Å². The van der Waals surface area contributed by atoms with Crippen molar-refractivity contribution in [3.8, 4) is 5.75 Å². The number of benzene rings is 2. The van der Waals surface area contributed by atoms with E-state index in [2.05, 4.69) is 55.8 Å². The van der Waals surface area contributed by atoms with Gasteiger partial charge in [0.15, 0.2) is 0 Å². The van der Waals surface area contributed by atoms with Gasteiger partial charge in [-0.1, -0.05) is 17.7 Å². The summed E-state index contributed by atoms with van der Waals surface area (Å²) in [5, 5.41) is 0.0571. The third kappa shape index (κ3) is 3.72. The van der Waals surface area contributed by atoms with Gasteiger partial charge in [-0.05, 0) is 57.5 Å². The molecule has 142 valence electrons. The normalized spacial score (nSPS) is 15.7. The Labute approximate surface area is 165 Å². The second-order valence-electron chi connectivity index (χ2n) is 7.19. The lowest BCUT2D eigenvalue weighted by Gasteiger charge is -2.43. The first-order valence-electron chi connectivity index (χ1n) is 8.95. The molecular formula is C22H24ClFN2O. The summed E-state index contributed by atoms with van der Waals surface area (Å²) in [6, 6.07) is 8.57. The predicted molar refractivity (Wildman–Crippen MR) is 112 cm³/mol. The lowest BCUT2D eigenvalue weighted by Crippen LogP contribution is -2.44. The highest BCUT2D eigenvalue weighted by Gasteiger charge is 2.31. The Bertz CT molecular complexity index is 934. The standard InChI is InChI=1S/C22H24ClFN2O/c1-6-26-20-11-21(27-5)15(9-17(20)14(2)12-22(26,3)4)13-25-16-7-8-19(24)18(23)10-16/h7-13H,6H2,1-5H3. The molecule has 2 aromatic carbocycles. The number of likely N-dealkylation sites (N-methyl/N-ethyl adjacent to an activating group) is 1. The molecule has 0 saturated carbocycles. The minimum absolute atomic E-state index is 0.0571. The molecule has 0 saturated heterocycles. The maximum atomic E-state index is 13.3. The molecule has 0 N–H and O–H groups in total. The summed E-state index contributed by atoms with van der Waals surface area (Å²) in [4.78, 5) is 6.80. The summed E-state index contributed by atoms with van der Waals surface area (Å²) in [7, 11) is 1.65. The van der Waals surface area contributed by atoms with Crippen LogP contribution >= 0.6 is 11.6 Å². The number of hydrogen-bond donors (Lipinski definition) is 0. The van der Waals surface area contributed by atoms with Crippen LogP contribution in [0.1, 0.15) is 38.8 Å². The zero-order valence-electron chi connectivity index (χ0n) is 16.3. The van der Waals surface area contributed by atoms with Crippen LogP contribution in [0.3, 0.4) is 0 Å². The topological polar surface area (TPSA) is 24.8 Å². The van der Waals surface area contributed by atoms with Crippen LogP contribution in [0, 0.1) is 5.82 Å². The Morgan fingerprint density at radius 3 is 2.63 bits per heavy atom. The lowest BCUT2D eigenvalue weighted by atomic mass is 9.88. The van der Waals surface area contributed by atoms with Crippen LogP contribution in [0.25, 0.3) is 5.57 Å². The first kappa shape index (κ1) is 19.4. The Kier molecular flexibility index (Phi) is 5.29. The average molecular weight is 387 g/mol. The number of nitrogens with zero attached hydrogens (tertiary/aromatic N) is 2. The number of hydrogen-bond acceptors (Lipinski definition) is 3. The highest BCUT2D eigenvalue weighted by atomic mass is 35.5. The van der Waals surface area contributed by atoms with E-state index in [1.54, 1.807) is 19.4 Å². The van der Waals surface area contributed by atoms with E-state index in [0.29, 0.717) is 5.69 Å². The fraction of sp³-hybridized carbons (Fsp3) is 0.318. The van der Waals surface area contributed by atoms with Crippen molar-refractivity contribution in [3.63, 3.8) is 0 Å².